The zero-order valence-electron chi connectivity index (χ0n) is 17.6. The fourth-order valence-electron chi connectivity index (χ4n) is 3.42. The first-order chi connectivity index (χ1) is 14.8. The van der Waals surface area contributed by atoms with Crippen molar-refractivity contribution in [3.8, 4) is 18.1 Å². The number of terminal acetylenes is 1. The fraction of sp³-hybridized carbons (Fsp3) is 0.292. The molecule has 3 rings (SSSR count). The smallest absolute Gasteiger partial charge is 0.338 e. The number of aliphatic hydroxyl groups is 1. The number of benzene rings is 2. The standard InChI is InChI=1S/C24H23NO6/c1-5-9-30-18-10-14(3)21(15(4)11-18)25-22(27)19-8-7-16(12-20(19)23(25)28)24(29)31-13-17(26)6-2/h1,7-8,10-12,17,26H,6,9,13H2,2-4H3. The number of fused-ring (bicyclic) bond motifs is 1. The molecule has 1 aliphatic rings. The maximum absolute atomic E-state index is 13.1. The third-order valence-corrected chi connectivity index (χ3v) is 5.01. The van der Waals surface area contributed by atoms with Gasteiger partial charge in [-0.2, -0.15) is 0 Å². The van der Waals surface area contributed by atoms with Crippen LogP contribution in [0.25, 0.3) is 0 Å². The van der Waals surface area contributed by atoms with Gasteiger partial charge in [0.05, 0.1) is 28.5 Å². The average Bonchev–Trinajstić information content (AvgIpc) is 3.00. The van der Waals surface area contributed by atoms with Crippen LogP contribution in [0.2, 0.25) is 0 Å². The molecule has 0 spiro atoms. The van der Waals surface area contributed by atoms with E-state index in [1.165, 1.54) is 18.2 Å². The maximum atomic E-state index is 13.1. The van der Waals surface area contributed by atoms with Gasteiger partial charge in [0.1, 0.15) is 19.0 Å². The molecule has 1 unspecified atom stereocenters. The highest BCUT2D eigenvalue weighted by Crippen LogP contribution is 2.35. The number of imide groups is 1. The molecule has 31 heavy (non-hydrogen) atoms. The van der Waals surface area contributed by atoms with E-state index in [1.54, 1.807) is 32.9 Å². The number of hydrogen-bond acceptors (Lipinski definition) is 6. The SMILES string of the molecule is C#CCOc1cc(C)c(N2C(=O)c3ccc(C(=O)OCC(O)CC)cc3C2=O)c(C)c1. The van der Waals surface area contributed by atoms with Crippen molar-refractivity contribution in [3.63, 3.8) is 0 Å². The van der Waals surface area contributed by atoms with Crippen LogP contribution in [0.1, 0.15) is 55.5 Å². The van der Waals surface area contributed by atoms with E-state index in [0.29, 0.717) is 29.0 Å². The molecule has 0 aliphatic carbocycles. The van der Waals surface area contributed by atoms with E-state index in [0.717, 1.165) is 4.90 Å². The normalized spacial score (nSPS) is 13.6. The average molecular weight is 421 g/mol. The second-order valence-corrected chi connectivity index (χ2v) is 7.27. The predicted molar refractivity (Wildman–Crippen MR) is 114 cm³/mol. The molecule has 2 aromatic carbocycles. The molecule has 2 aromatic rings. The molecule has 0 saturated heterocycles. The Morgan fingerprint density at radius 3 is 2.39 bits per heavy atom. The van der Waals surface area contributed by atoms with Crippen molar-refractivity contribution >= 4 is 23.5 Å². The first-order valence-electron chi connectivity index (χ1n) is 9.84. The van der Waals surface area contributed by atoms with Crippen molar-refractivity contribution in [2.75, 3.05) is 18.1 Å². The lowest BCUT2D eigenvalue weighted by Crippen LogP contribution is -2.30. The van der Waals surface area contributed by atoms with Gasteiger partial charge in [-0.15, -0.1) is 6.42 Å². The second-order valence-electron chi connectivity index (χ2n) is 7.27. The molecule has 1 heterocycles. The second kappa shape index (κ2) is 9.02. The van der Waals surface area contributed by atoms with Crippen molar-refractivity contribution in [2.24, 2.45) is 0 Å². The Morgan fingerprint density at radius 2 is 1.77 bits per heavy atom. The lowest BCUT2D eigenvalue weighted by atomic mass is 10.1. The molecule has 1 N–H and O–H groups in total. The summed E-state index contributed by atoms with van der Waals surface area (Å²) in [7, 11) is 0. The van der Waals surface area contributed by atoms with Crippen molar-refractivity contribution in [3.05, 3.63) is 58.1 Å². The Hall–Kier alpha value is -3.63. The minimum Gasteiger partial charge on any atom is -0.481 e. The Bertz CT molecular complexity index is 1070. The topological polar surface area (TPSA) is 93.1 Å². The van der Waals surface area contributed by atoms with Crippen molar-refractivity contribution in [1.82, 2.24) is 0 Å². The summed E-state index contributed by atoms with van der Waals surface area (Å²) in [5.41, 5.74) is 2.29. The molecule has 0 fully saturated rings. The fourth-order valence-corrected chi connectivity index (χ4v) is 3.42. The molecular weight excluding hydrogens is 398 g/mol. The van der Waals surface area contributed by atoms with Crippen LogP contribution in [-0.2, 0) is 4.74 Å². The van der Waals surface area contributed by atoms with Gasteiger partial charge in [0.2, 0.25) is 0 Å². The van der Waals surface area contributed by atoms with Crippen LogP contribution in [-0.4, -0.2) is 42.2 Å². The van der Waals surface area contributed by atoms with Gasteiger partial charge < -0.3 is 14.6 Å². The minimum atomic E-state index is -0.754. The van der Waals surface area contributed by atoms with Gasteiger partial charge in [0, 0.05) is 0 Å². The van der Waals surface area contributed by atoms with E-state index in [-0.39, 0.29) is 29.9 Å². The molecule has 1 atom stereocenters. The zero-order chi connectivity index (χ0) is 22.7. The third kappa shape index (κ3) is 4.30. The quantitative estimate of drug-likeness (QED) is 0.420. The maximum Gasteiger partial charge on any atom is 0.338 e. The van der Waals surface area contributed by atoms with Gasteiger partial charge in [0.15, 0.2) is 0 Å². The Balaban J connectivity index is 1.90. The van der Waals surface area contributed by atoms with Crippen molar-refractivity contribution in [1.29, 1.82) is 0 Å². The van der Waals surface area contributed by atoms with Crippen LogP contribution in [0.5, 0.6) is 5.75 Å². The minimum absolute atomic E-state index is 0.111. The van der Waals surface area contributed by atoms with Gasteiger partial charge in [-0.3, -0.25) is 9.59 Å². The van der Waals surface area contributed by atoms with E-state index in [2.05, 4.69) is 5.92 Å². The number of esters is 1. The Labute approximate surface area is 180 Å². The van der Waals surface area contributed by atoms with Crippen LogP contribution >= 0.6 is 0 Å². The lowest BCUT2D eigenvalue weighted by Gasteiger charge is -2.20. The number of amides is 2. The van der Waals surface area contributed by atoms with E-state index < -0.39 is 23.9 Å². The first kappa shape index (κ1) is 22.1. The lowest BCUT2D eigenvalue weighted by molar-refractivity contribution is 0.0250. The molecular formula is C24H23NO6. The van der Waals surface area contributed by atoms with E-state index in [1.807, 2.05) is 0 Å². The van der Waals surface area contributed by atoms with Crippen LogP contribution < -0.4 is 9.64 Å². The highest BCUT2D eigenvalue weighted by atomic mass is 16.5. The Morgan fingerprint density at radius 1 is 1.13 bits per heavy atom. The summed E-state index contributed by atoms with van der Waals surface area (Å²) in [5, 5.41) is 9.56. The summed E-state index contributed by atoms with van der Waals surface area (Å²) in [6.45, 7) is 5.29. The number of rotatable bonds is 7. The highest BCUT2D eigenvalue weighted by molar-refractivity contribution is 6.35. The summed E-state index contributed by atoms with van der Waals surface area (Å²) in [5.74, 6) is 1.28. The van der Waals surface area contributed by atoms with Gasteiger partial charge in [-0.25, -0.2) is 9.69 Å². The Kier molecular flexibility index (Phi) is 6.42. The monoisotopic (exact) mass is 421 g/mol. The van der Waals surface area contributed by atoms with Gasteiger partial charge in [-0.05, 0) is 61.7 Å². The van der Waals surface area contributed by atoms with Gasteiger partial charge in [-0.1, -0.05) is 12.8 Å². The number of ether oxygens (including phenoxy) is 2. The number of nitrogens with zero attached hydrogens (tertiary/aromatic N) is 1. The van der Waals surface area contributed by atoms with E-state index in [4.69, 9.17) is 15.9 Å². The molecule has 0 aromatic heterocycles. The molecule has 0 radical (unpaired) electrons. The molecule has 2 amide bonds. The first-order valence-corrected chi connectivity index (χ1v) is 9.84. The van der Waals surface area contributed by atoms with Crippen molar-refractivity contribution < 1.29 is 29.0 Å². The highest BCUT2D eigenvalue weighted by Gasteiger charge is 2.38. The van der Waals surface area contributed by atoms with Crippen LogP contribution in [0.15, 0.2) is 30.3 Å². The number of carbonyl (C=O) groups is 3. The molecule has 160 valence electrons. The number of aliphatic hydroxyl groups excluding tert-OH is 1. The molecule has 1 aliphatic heterocycles. The number of aryl methyl sites for hydroxylation is 2. The number of carbonyl (C=O) groups excluding carboxylic acids is 3. The van der Waals surface area contributed by atoms with Crippen LogP contribution in [0.4, 0.5) is 5.69 Å². The summed E-state index contributed by atoms with van der Waals surface area (Å²) in [6, 6.07) is 7.66. The predicted octanol–water partition coefficient (Wildman–Crippen LogP) is 3.04. The summed E-state index contributed by atoms with van der Waals surface area (Å²) < 4.78 is 10.5. The van der Waals surface area contributed by atoms with Crippen LogP contribution in [0, 0.1) is 26.2 Å². The summed E-state index contributed by atoms with van der Waals surface area (Å²) in [4.78, 5) is 39.5. The van der Waals surface area contributed by atoms with Gasteiger partial charge in [0.25, 0.3) is 11.8 Å². The number of hydrogen-bond donors (Lipinski definition) is 1. The van der Waals surface area contributed by atoms with Crippen LogP contribution in [0.3, 0.4) is 0 Å². The van der Waals surface area contributed by atoms with E-state index >= 15 is 0 Å². The van der Waals surface area contributed by atoms with E-state index in [9.17, 15) is 19.5 Å². The molecule has 0 saturated carbocycles. The molecule has 0 bridgehead atoms. The number of anilines is 1. The van der Waals surface area contributed by atoms with Crippen molar-refractivity contribution in [2.45, 2.75) is 33.3 Å². The largest absolute Gasteiger partial charge is 0.481 e. The zero-order valence-corrected chi connectivity index (χ0v) is 17.6. The molecule has 7 heteroatoms. The summed E-state index contributed by atoms with van der Waals surface area (Å²) in [6.07, 6.45) is 4.92. The summed E-state index contributed by atoms with van der Waals surface area (Å²) >= 11 is 0. The molecule has 7 nitrogen and oxygen atoms in total. The van der Waals surface area contributed by atoms with Gasteiger partial charge >= 0.3 is 5.97 Å². The third-order valence-electron chi connectivity index (χ3n) is 5.01.